The smallest absolute Gasteiger partial charge is 0.239 e. The Kier molecular flexibility index (Phi) is 4.42. The van der Waals surface area contributed by atoms with Gasteiger partial charge in [0.1, 0.15) is 0 Å². The lowest BCUT2D eigenvalue weighted by Gasteiger charge is -2.08. The number of hydrogen-bond acceptors (Lipinski definition) is 5. The molecule has 0 amide bonds. The van der Waals surface area contributed by atoms with Crippen LogP contribution >= 0.6 is 11.8 Å². The minimum absolute atomic E-state index is 0.0753. The Hall–Kier alpha value is -1.56. The van der Waals surface area contributed by atoms with Gasteiger partial charge in [-0.15, -0.1) is 11.8 Å². The van der Waals surface area contributed by atoms with Gasteiger partial charge in [0.05, 0.1) is 12.4 Å². The zero-order valence-corrected chi connectivity index (χ0v) is 11.8. The van der Waals surface area contributed by atoms with Crippen molar-refractivity contribution in [3.63, 3.8) is 0 Å². The lowest BCUT2D eigenvalue weighted by atomic mass is 10.2. The van der Waals surface area contributed by atoms with Gasteiger partial charge in [-0.1, -0.05) is 11.2 Å². The van der Waals surface area contributed by atoms with Gasteiger partial charge in [-0.25, -0.2) is 4.39 Å². The topological polar surface area (TPSA) is 48.2 Å². The van der Waals surface area contributed by atoms with E-state index in [9.17, 15) is 4.39 Å². The van der Waals surface area contributed by atoms with Crippen LogP contribution in [0, 0.1) is 12.7 Å². The molecule has 0 saturated carbocycles. The normalized spacial score (nSPS) is 12.4. The number of benzene rings is 1. The Morgan fingerprint density at radius 3 is 2.84 bits per heavy atom. The fourth-order valence-electron chi connectivity index (χ4n) is 1.57. The molecule has 0 radical (unpaired) electrons. The van der Waals surface area contributed by atoms with Gasteiger partial charge in [-0.3, -0.25) is 0 Å². The van der Waals surface area contributed by atoms with Crippen LogP contribution in [-0.2, 0) is 5.75 Å². The fraction of sp³-hybridized carbons (Fsp3) is 0.385. The van der Waals surface area contributed by atoms with Crippen LogP contribution in [0.2, 0.25) is 0 Å². The highest BCUT2D eigenvalue weighted by Gasteiger charge is 2.14. The molecule has 0 aliphatic rings. The lowest BCUT2D eigenvalue weighted by molar-refractivity contribution is 0.376. The highest BCUT2D eigenvalue weighted by Crippen LogP contribution is 2.30. The number of aryl methyl sites for hydroxylation is 1. The van der Waals surface area contributed by atoms with E-state index in [1.54, 1.807) is 24.8 Å². The summed E-state index contributed by atoms with van der Waals surface area (Å²) in [6, 6.07) is 4.96. The van der Waals surface area contributed by atoms with E-state index in [-0.39, 0.29) is 16.8 Å². The number of halogens is 1. The van der Waals surface area contributed by atoms with Gasteiger partial charge in [0.2, 0.25) is 5.89 Å². The Labute approximate surface area is 115 Å². The molecule has 1 atom stereocenters. The third-order valence-electron chi connectivity index (χ3n) is 2.61. The van der Waals surface area contributed by atoms with Crippen LogP contribution < -0.4 is 4.74 Å². The average Bonchev–Trinajstić information content (AvgIpc) is 2.83. The molecule has 0 bridgehead atoms. The lowest BCUT2D eigenvalue weighted by Crippen LogP contribution is -1.93. The Bertz CT molecular complexity index is 559. The molecule has 19 heavy (non-hydrogen) atoms. The molecule has 0 saturated heterocycles. The summed E-state index contributed by atoms with van der Waals surface area (Å²) in [5, 5.41) is 3.83. The second-order valence-electron chi connectivity index (χ2n) is 4.10. The van der Waals surface area contributed by atoms with Gasteiger partial charge >= 0.3 is 0 Å². The third kappa shape index (κ3) is 3.47. The van der Waals surface area contributed by atoms with E-state index < -0.39 is 0 Å². The van der Waals surface area contributed by atoms with E-state index in [0.717, 1.165) is 5.56 Å². The highest BCUT2D eigenvalue weighted by molar-refractivity contribution is 7.98. The first kappa shape index (κ1) is 13.9. The number of rotatable bonds is 5. The zero-order valence-electron chi connectivity index (χ0n) is 11.0. The van der Waals surface area contributed by atoms with E-state index in [1.807, 2.05) is 13.0 Å². The van der Waals surface area contributed by atoms with Crippen molar-refractivity contribution in [1.29, 1.82) is 0 Å². The molecule has 4 nitrogen and oxygen atoms in total. The van der Waals surface area contributed by atoms with Crippen molar-refractivity contribution in [3.05, 3.63) is 41.3 Å². The molecule has 0 aliphatic heterocycles. The largest absolute Gasteiger partial charge is 0.494 e. The van der Waals surface area contributed by atoms with Crippen LogP contribution in [0.5, 0.6) is 5.75 Å². The van der Waals surface area contributed by atoms with Crippen molar-refractivity contribution in [2.75, 3.05) is 7.11 Å². The number of ether oxygens (including phenoxy) is 1. The molecule has 0 aliphatic carbocycles. The standard InChI is InChI=1S/C13H15FN2O2S/c1-8(13-15-9(2)16-18-13)19-7-10-4-5-12(17-3)11(14)6-10/h4-6,8H,7H2,1-3H3. The number of hydrogen-bond donors (Lipinski definition) is 0. The fourth-order valence-corrected chi connectivity index (χ4v) is 2.43. The first-order chi connectivity index (χ1) is 9.10. The van der Waals surface area contributed by atoms with Crippen molar-refractivity contribution < 1.29 is 13.7 Å². The molecule has 1 aromatic carbocycles. The van der Waals surface area contributed by atoms with Gasteiger partial charge in [-0.05, 0) is 31.5 Å². The van der Waals surface area contributed by atoms with Crippen LogP contribution in [0.4, 0.5) is 4.39 Å². The second kappa shape index (κ2) is 6.06. The van der Waals surface area contributed by atoms with E-state index >= 15 is 0 Å². The molecule has 0 N–H and O–H groups in total. The molecule has 1 unspecified atom stereocenters. The van der Waals surface area contributed by atoms with Gasteiger partial charge in [-0.2, -0.15) is 4.98 Å². The van der Waals surface area contributed by atoms with Gasteiger partial charge in [0, 0.05) is 5.75 Å². The van der Waals surface area contributed by atoms with Crippen LogP contribution in [0.3, 0.4) is 0 Å². The molecule has 6 heteroatoms. The van der Waals surface area contributed by atoms with Gasteiger partial charge in [0.15, 0.2) is 17.4 Å². The van der Waals surface area contributed by atoms with Crippen LogP contribution in [0.15, 0.2) is 22.7 Å². The average molecular weight is 282 g/mol. The van der Waals surface area contributed by atoms with E-state index in [0.29, 0.717) is 17.5 Å². The SMILES string of the molecule is COc1ccc(CSC(C)c2nc(C)no2)cc1F. The Morgan fingerprint density at radius 2 is 2.26 bits per heavy atom. The number of nitrogens with zero attached hydrogens (tertiary/aromatic N) is 2. The summed E-state index contributed by atoms with van der Waals surface area (Å²) < 4.78 is 23.5. The zero-order chi connectivity index (χ0) is 13.8. The molecular weight excluding hydrogens is 267 g/mol. The molecule has 1 heterocycles. The summed E-state index contributed by atoms with van der Waals surface area (Å²) in [6.45, 7) is 3.76. The van der Waals surface area contributed by atoms with E-state index in [1.165, 1.54) is 13.2 Å². The maximum Gasteiger partial charge on any atom is 0.239 e. The number of thioether (sulfide) groups is 1. The molecule has 1 aromatic heterocycles. The Morgan fingerprint density at radius 1 is 1.47 bits per heavy atom. The minimum atomic E-state index is -0.345. The summed E-state index contributed by atoms with van der Waals surface area (Å²) in [7, 11) is 1.45. The molecule has 2 rings (SSSR count). The van der Waals surface area contributed by atoms with E-state index in [2.05, 4.69) is 10.1 Å². The van der Waals surface area contributed by atoms with Crippen molar-refractivity contribution in [1.82, 2.24) is 10.1 Å². The predicted octanol–water partition coefficient (Wildman–Crippen LogP) is 3.52. The van der Waals surface area contributed by atoms with Crippen molar-refractivity contribution >= 4 is 11.8 Å². The van der Waals surface area contributed by atoms with Crippen LogP contribution in [0.1, 0.15) is 29.5 Å². The van der Waals surface area contributed by atoms with Crippen molar-refractivity contribution in [3.8, 4) is 5.75 Å². The number of aromatic nitrogens is 2. The predicted molar refractivity (Wildman–Crippen MR) is 71.7 cm³/mol. The van der Waals surface area contributed by atoms with Gasteiger partial charge < -0.3 is 9.26 Å². The summed E-state index contributed by atoms with van der Waals surface area (Å²) >= 11 is 1.61. The Balaban J connectivity index is 1.97. The highest BCUT2D eigenvalue weighted by atomic mass is 32.2. The molecular formula is C13H15FN2O2S. The third-order valence-corrected chi connectivity index (χ3v) is 3.81. The molecule has 102 valence electrons. The quantitative estimate of drug-likeness (QED) is 0.839. The monoisotopic (exact) mass is 282 g/mol. The molecule has 2 aromatic rings. The first-order valence-corrected chi connectivity index (χ1v) is 6.89. The van der Waals surface area contributed by atoms with Crippen molar-refractivity contribution in [2.24, 2.45) is 0 Å². The summed E-state index contributed by atoms with van der Waals surface area (Å²) in [6.07, 6.45) is 0. The summed E-state index contributed by atoms with van der Waals surface area (Å²) in [5.74, 6) is 1.80. The maximum absolute atomic E-state index is 13.5. The molecule has 0 fully saturated rings. The van der Waals surface area contributed by atoms with Crippen molar-refractivity contribution in [2.45, 2.75) is 24.9 Å². The van der Waals surface area contributed by atoms with Gasteiger partial charge in [0.25, 0.3) is 0 Å². The second-order valence-corrected chi connectivity index (χ2v) is 5.43. The van der Waals surface area contributed by atoms with Crippen LogP contribution in [-0.4, -0.2) is 17.3 Å². The maximum atomic E-state index is 13.5. The van der Waals surface area contributed by atoms with Crippen LogP contribution in [0.25, 0.3) is 0 Å². The summed E-state index contributed by atoms with van der Waals surface area (Å²) in [5.41, 5.74) is 0.895. The summed E-state index contributed by atoms with van der Waals surface area (Å²) in [4.78, 5) is 4.18. The first-order valence-electron chi connectivity index (χ1n) is 5.84. The number of methoxy groups -OCH3 is 1. The molecule has 0 spiro atoms. The minimum Gasteiger partial charge on any atom is -0.494 e. The van der Waals surface area contributed by atoms with E-state index in [4.69, 9.17) is 9.26 Å².